The maximum atomic E-state index is 13.0. The third-order valence-corrected chi connectivity index (χ3v) is 2.39. The van der Waals surface area contributed by atoms with Gasteiger partial charge < -0.3 is 0 Å². The molecule has 0 atom stereocenters. The molecule has 1 heteroatoms. The van der Waals surface area contributed by atoms with Crippen LogP contribution in [0, 0.1) is 0 Å². The molecule has 0 rings (SSSR count). The van der Waals surface area contributed by atoms with Gasteiger partial charge >= 0.3 is 0 Å². The fourth-order valence-corrected chi connectivity index (χ4v) is 1.08. The molecule has 20 heavy (non-hydrogen) atoms. The normalized spacial score (nSPS) is 11.6. The van der Waals surface area contributed by atoms with Crippen molar-refractivity contribution in [1.29, 1.82) is 0 Å². The van der Waals surface area contributed by atoms with Crippen LogP contribution in [0.1, 0.15) is 6.92 Å². The third-order valence-electron chi connectivity index (χ3n) is 2.39. The van der Waals surface area contributed by atoms with Crippen molar-refractivity contribution in [3.05, 3.63) is 110 Å². The average molecular weight is 268 g/mol. The Labute approximate surface area is 121 Å². The zero-order valence-electron chi connectivity index (χ0n) is 12.1. The second-order valence-corrected chi connectivity index (χ2v) is 4.35. The first-order valence-electron chi connectivity index (χ1n) is 6.05. The molecule has 0 aromatic carbocycles. The van der Waals surface area contributed by atoms with Crippen LogP contribution in [0.3, 0.4) is 0 Å². The molecular formula is C19H21F. The van der Waals surface area contributed by atoms with Gasteiger partial charge in [0.2, 0.25) is 0 Å². The Morgan fingerprint density at radius 2 is 1.15 bits per heavy atom. The summed E-state index contributed by atoms with van der Waals surface area (Å²) in [6.07, 6.45) is 9.57. The van der Waals surface area contributed by atoms with Crippen molar-refractivity contribution in [2.45, 2.75) is 6.92 Å². The van der Waals surface area contributed by atoms with E-state index in [-0.39, 0.29) is 0 Å². The highest BCUT2D eigenvalue weighted by Gasteiger charge is 1.96. The van der Waals surface area contributed by atoms with Crippen molar-refractivity contribution in [2.24, 2.45) is 0 Å². The number of allylic oxidation sites excluding steroid dienone is 12. The molecule has 0 bridgehead atoms. The van der Waals surface area contributed by atoms with Gasteiger partial charge in [0.15, 0.2) is 0 Å². The molecule has 104 valence electrons. The Balaban J connectivity index is 4.72. The highest BCUT2D eigenvalue weighted by molar-refractivity contribution is 5.50. The number of rotatable bonds is 8. The molecule has 0 aliphatic carbocycles. The van der Waals surface area contributed by atoms with Gasteiger partial charge in [-0.25, -0.2) is 4.39 Å². The molecule has 0 N–H and O–H groups in total. The van der Waals surface area contributed by atoms with E-state index >= 15 is 0 Å². The van der Waals surface area contributed by atoms with Crippen LogP contribution in [0.2, 0.25) is 0 Å². The van der Waals surface area contributed by atoms with E-state index in [0.717, 1.165) is 22.8 Å². The van der Waals surface area contributed by atoms with Crippen molar-refractivity contribution >= 4 is 0 Å². The lowest BCUT2D eigenvalue weighted by Crippen LogP contribution is -1.82. The monoisotopic (exact) mass is 268 g/mol. The summed E-state index contributed by atoms with van der Waals surface area (Å²) in [7, 11) is 0. The van der Waals surface area contributed by atoms with Gasteiger partial charge in [-0.15, -0.1) is 0 Å². The summed E-state index contributed by atoms with van der Waals surface area (Å²) in [5.74, 6) is -0.447. The molecule has 0 aliphatic rings. The maximum Gasteiger partial charge on any atom is 0.123 e. The van der Waals surface area contributed by atoms with E-state index in [2.05, 4.69) is 39.5 Å². The zero-order valence-corrected chi connectivity index (χ0v) is 12.1. The second-order valence-electron chi connectivity index (χ2n) is 4.35. The summed E-state index contributed by atoms with van der Waals surface area (Å²) in [5.41, 5.74) is 3.53. The van der Waals surface area contributed by atoms with E-state index in [0.29, 0.717) is 11.1 Å². The molecule has 0 fully saturated rings. The highest BCUT2D eigenvalue weighted by Crippen LogP contribution is 2.15. The molecule has 0 aromatic heterocycles. The minimum Gasteiger partial charge on any atom is -0.207 e. The van der Waals surface area contributed by atoms with E-state index < -0.39 is 5.83 Å². The van der Waals surface area contributed by atoms with Crippen LogP contribution in [-0.4, -0.2) is 0 Å². The fraction of sp³-hybridized carbons (Fsp3) is 0.0526. The highest BCUT2D eigenvalue weighted by atomic mass is 19.1. The molecule has 0 aromatic rings. The smallest absolute Gasteiger partial charge is 0.123 e. The number of halogens is 1. The molecule has 0 saturated carbocycles. The van der Waals surface area contributed by atoms with Gasteiger partial charge in [0.25, 0.3) is 0 Å². The minimum atomic E-state index is -0.447. The van der Waals surface area contributed by atoms with E-state index in [1.807, 2.05) is 19.1 Å². The van der Waals surface area contributed by atoms with E-state index in [4.69, 9.17) is 0 Å². The molecule has 0 amide bonds. The van der Waals surface area contributed by atoms with Crippen LogP contribution < -0.4 is 0 Å². The quantitative estimate of drug-likeness (QED) is 0.478. The van der Waals surface area contributed by atoms with Crippen LogP contribution in [0.15, 0.2) is 110 Å². The van der Waals surface area contributed by atoms with Crippen LogP contribution >= 0.6 is 0 Å². The average Bonchev–Trinajstić information content (AvgIpc) is 2.40. The zero-order chi connectivity index (χ0) is 15.7. The van der Waals surface area contributed by atoms with Crippen molar-refractivity contribution < 1.29 is 4.39 Å². The van der Waals surface area contributed by atoms with Gasteiger partial charge in [-0.2, -0.15) is 0 Å². The van der Waals surface area contributed by atoms with Gasteiger partial charge in [0.05, 0.1) is 0 Å². The van der Waals surface area contributed by atoms with Crippen molar-refractivity contribution in [3.8, 4) is 0 Å². The summed E-state index contributed by atoms with van der Waals surface area (Å²) in [6.45, 7) is 24.3. The summed E-state index contributed by atoms with van der Waals surface area (Å²) >= 11 is 0. The van der Waals surface area contributed by atoms with Crippen molar-refractivity contribution in [1.82, 2.24) is 0 Å². The largest absolute Gasteiger partial charge is 0.207 e. The summed E-state index contributed by atoms with van der Waals surface area (Å²) in [6, 6.07) is 0. The van der Waals surface area contributed by atoms with Gasteiger partial charge in [-0.05, 0) is 41.4 Å². The molecule has 0 aliphatic heterocycles. The molecule has 0 saturated heterocycles. The van der Waals surface area contributed by atoms with Crippen LogP contribution in [0.5, 0.6) is 0 Å². The van der Waals surface area contributed by atoms with E-state index in [1.54, 1.807) is 12.2 Å². The Bertz CT molecular complexity index is 548. The standard InChI is InChI=1S/C19H21F/c1-8-19(20)13-18(7)17(6)12-11-16(5)15(4)10-9-14(2)3/h8-13H,1-2,4-7H2,3H3/b10-9-,12-11-,19-13+. The molecule has 0 unspecified atom stereocenters. The number of hydrogen-bond acceptors (Lipinski definition) is 0. The second kappa shape index (κ2) is 8.65. The van der Waals surface area contributed by atoms with Gasteiger partial charge in [0, 0.05) is 0 Å². The first kappa shape index (κ1) is 17.6. The van der Waals surface area contributed by atoms with Crippen molar-refractivity contribution in [3.63, 3.8) is 0 Å². The fourth-order valence-electron chi connectivity index (χ4n) is 1.08. The molecule has 0 heterocycles. The lowest BCUT2D eigenvalue weighted by atomic mass is 10.0. The Kier molecular flexibility index (Phi) is 7.61. The Morgan fingerprint density at radius 3 is 1.55 bits per heavy atom. The predicted molar refractivity (Wildman–Crippen MR) is 89.0 cm³/mol. The predicted octanol–water partition coefficient (Wildman–Crippen LogP) is 5.94. The van der Waals surface area contributed by atoms with Gasteiger partial charge in [-0.1, -0.05) is 69.4 Å². The van der Waals surface area contributed by atoms with E-state index in [1.165, 1.54) is 6.08 Å². The molecule has 0 radical (unpaired) electrons. The van der Waals surface area contributed by atoms with Crippen molar-refractivity contribution in [2.75, 3.05) is 0 Å². The lowest BCUT2D eigenvalue weighted by Gasteiger charge is -2.02. The maximum absolute atomic E-state index is 13.0. The van der Waals surface area contributed by atoms with Gasteiger partial charge in [-0.3, -0.25) is 0 Å². The summed E-state index contributed by atoms with van der Waals surface area (Å²) in [5, 5.41) is 0. The molecular weight excluding hydrogens is 247 g/mol. The SMILES string of the molecule is C=C/C(F)=C\C(=C)C(=C)/C=C\C(=C)C(=C)/C=C\C(=C)C. The van der Waals surface area contributed by atoms with E-state index in [9.17, 15) is 4.39 Å². The topological polar surface area (TPSA) is 0 Å². The first-order valence-corrected chi connectivity index (χ1v) is 6.05. The van der Waals surface area contributed by atoms with Crippen LogP contribution in [-0.2, 0) is 0 Å². The first-order chi connectivity index (χ1) is 9.27. The molecule has 0 spiro atoms. The summed E-state index contributed by atoms with van der Waals surface area (Å²) in [4.78, 5) is 0. The Hall–Kier alpha value is -2.41. The van der Waals surface area contributed by atoms with Gasteiger partial charge in [0.1, 0.15) is 5.83 Å². The number of hydrogen-bond donors (Lipinski definition) is 0. The Morgan fingerprint density at radius 1 is 0.750 bits per heavy atom. The third kappa shape index (κ3) is 7.12. The minimum absolute atomic E-state index is 0.447. The summed E-state index contributed by atoms with van der Waals surface area (Å²) < 4.78 is 13.0. The molecule has 0 nitrogen and oxygen atoms in total. The van der Waals surface area contributed by atoms with Crippen LogP contribution in [0.25, 0.3) is 0 Å². The lowest BCUT2D eigenvalue weighted by molar-refractivity contribution is 0.667. The van der Waals surface area contributed by atoms with Crippen LogP contribution in [0.4, 0.5) is 4.39 Å².